The van der Waals surface area contributed by atoms with Gasteiger partial charge in [-0.1, -0.05) is 0 Å². The number of nitrogens with two attached hydrogens (primary N) is 1. The van der Waals surface area contributed by atoms with Gasteiger partial charge < -0.3 is 15.5 Å². The Kier molecular flexibility index (Phi) is 4.78. The summed E-state index contributed by atoms with van der Waals surface area (Å²) < 4.78 is 38.3. The van der Waals surface area contributed by atoms with Crippen molar-refractivity contribution in [1.82, 2.24) is 4.90 Å². The normalized spacial score (nSPS) is 20.6. The van der Waals surface area contributed by atoms with Crippen molar-refractivity contribution in [1.29, 1.82) is 0 Å². The second kappa shape index (κ2) is 6.23. The van der Waals surface area contributed by atoms with Gasteiger partial charge in [0.25, 0.3) is 0 Å². The van der Waals surface area contributed by atoms with E-state index >= 15 is 0 Å². The van der Waals surface area contributed by atoms with Crippen LogP contribution in [0, 0.1) is 0 Å². The second-order valence-electron chi connectivity index (χ2n) is 5.71. The number of rotatable bonds is 3. The molecule has 0 saturated carbocycles. The van der Waals surface area contributed by atoms with Crippen molar-refractivity contribution in [3.63, 3.8) is 0 Å². The summed E-state index contributed by atoms with van der Waals surface area (Å²) in [6.07, 6.45) is -2.18. The molecule has 118 valence electrons. The Balaban J connectivity index is 2.26. The van der Waals surface area contributed by atoms with Crippen molar-refractivity contribution in [2.24, 2.45) is 5.73 Å². The minimum absolute atomic E-state index is 0.103. The molecule has 3 nitrogen and oxygen atoms in total. The van der Waals surface area contributed by atoms with E-state index < -0.39 is 11.7 Å². The highest BCUT2D eigenvalue weighted by molar-refractivity contribution is 5.55. The number of benzene rings is 1. The summed E-state index contributed by atoms with van der Waals surface area (Å²) in [6.45, 7) is 2.09. The van der Waals surface area contributed by atoms with Gasteiger partial charge in [0.2, 0.25) is 0 Å². The van der Waals surface area contributed by atoms with E-state index in [1.807, 2.05) is 7.05 Å². The third-order valence-corrected chi connectivity index (χ3v) is 4.15. The highest BCUT2D eigenvalue weighted by atomic mass is 19.4. The Labute approximate surface area is 123 Å². The predicted octanol–water partition coefficient (Wildman–Crippen LogP) is 2.69. The molecular formula is C15H22F3N3. The van der Waals surface area contributed by atoms with Crippen LogP contribution in [0.2, 0.25) is 0 Å². The Morgan fingerprint density at radius 1 is 1.38 bits per heavy atom. The summed E-state index contributed by atoms with van der Waals surface area (Å²) in [4.78, 5) is 4.31. The minimum atomic E-state index is -4.33. The topological polar surface area (TPSA) is 32.5 Å². The molecule has 1 atom stereocenters. The molecule has 2 N–H and O–H groups in total. The molecule has 0 spiro atoms. The lowest BCUT2D eigenvalue weighted by Gasteiger charge is -2.38. The van der Waals surface area contributed by atoms with Gasteiger partial charge in [-0.05, 0) is 50.2 Å². The zero-order valence-electron chi connectivity index (χ0n) is 12.5. The number of likely N-dealkylation sites (N-methyl/N-ethyl adjacent to an activating group) is 2. The summed E-state index contributed by atoms with van der Waals surface area (Å²) in [5.74, 6) is 0. The average molecular weight is 301 g/mol. The van der Waals surface area contributed by atoms with Crippen molar-refractivity contribution in [2.45, 2.75) is 31.6 Å². The fourth-order valence-corrected chi connectivity index (χ4v) is 2.92. The summed E-state index contributed by atoms with van der Waals surface area (Å²) in [6, 6.07) is 4.15. The molecule has 0 radical (unpaired) electrons. The van der Waals surface area contributed by atoms with E-state index in [-0.39, 0.29) is 6.54 Å². The standard InChI is InChI=1S/C15H22F3N3/c1-20-7-3-4-13(10-20)21(2)14-6-5-12(15(16,17)18)8-11(14)9-19/h5-6,8,13H,3-4,7,9-10,19H2,1-2H3. The molecule has 1 fully saturated rings. The summed E-state index contributed by atoms with van der Waals surface area (Å²) in [5, 5.41) is 0. The third-order valence-electron chi connectivity index (χ3n) is 4.15. The molecule has 0 aliphatic carbocycles. The van der Waals surface area contributed by atoms with Crippen LogP contribution < -0.4 is 10.6 Å². The number of nitrogens with zero attached hydrogens (tertiary/aromatic N) is 2. The van der Waals surface area contributed by atoms with Crippen molar-refractivity contribution < 1.29 is 13.2 Å². The van der Waals surface area contributed by atoms with Gasteiger partial charge in [0, 0.05) is 31.9 Å². The lowest BCUT2D eigenvalue weighted by Crippen LogP contribution is -2.45. The van der Waals surface area contributed by atoms with Gasteiger partial charge in [-0.3, -0.25) is 0 Å². The van der Waals surface area contributed by atoms with Crippen LogP contribution in [0.3, 0.4) is 0 Å². The Hall–Kier alpha value is -1.27. The van der Waals surface area contributed by atoms with Crippen molar-refractivity contribution in [2.75, 3.05) is 32.1 Å². The molecule has 1 aromatic rings. The van der Waals surface area contributed by atoms with E-state index in [9.17, 15) is 13.2 Å². The molecule has 1 aliphatic heterocycles. The zero-order valence-corrected chi connectivity index (χ0v) is 12.5. The van der Waals surface area contributed by atoms with Gasteiger partial charge in [0.05, 0.1) is 5.56 Å². The fourth-order valence-electron chi connectivity index (χ4n) is 2.92. The maximum Gasteiger partial charge on any atom is 0.416 e. The first-order chi connectivity index (χ1) is 9.82. The SMILES string of the molecule is CN1CCCC(N(C)c2ccc(C(F)(F)F)cc2CN)C1. The van der Waals surface area contributed by atoms with Gasteiger partial charge in [-0.25, -0.2) is 0 Å². The molecule has 0 bridgehead atoms. The number of anilines is 1. The lowest BCUT2D eigenvalue weighted by molar-refractivity contribution is -0.137. The summed E-state index contributed by atoms with van der Waals surface area (Å²) in [7, 11) is 4.00. The maximum atomic E-state index is 12.8. The average Bonchev–Trinajstić information content (AvgIpc) is 2.45. The van der Waals surface area contributed by atoms with E-state index in [4.69, 9.17) is 5.73 Å². The fraction of sp³-hybridized carbons (Fsp3) is 0.600. The lowest BCUT2D eigenvalue weighted by atomic mass is 10.0. The third kappa shape index (κ3) is 3.68. The Morgan fingerprint density at radius 3 is 2.67 bits per heavy atom. The van der Waals surface area contributed by atoms with Crippen molar-refractivity contribution >= 4 is 5.69 Å². The Morgan fingerprint density at radius 2 is 2.10 bits per heavy atom. The van der Waals surface area contributed by atoms with E-state index in [2.05, 4.69) is 16.8 Å². The number of halogens is 3. The van der Waals surface area contributed by atoms with Crippen LogP contribution in [0.25, 0.3) is 0 Å². The largest absolute Gasteiger partial charge is 0.416 e. The minimum Gasteiger partial charge on any atom is -0.370 e. The smallest absolute Gasteiger partial charge is 0.370 e. The molecule has 1 aromatic carbocycles. The first-order valence-electron chi connectivity index (χ1n) is 7.14. The number of piperidine rings is 1. The molecule has 0 aromatic heterocycles. The molecule has 0 amide bonds. The first kappa shape index (κ1) is 16.1. The molecule has 1 heterocycles. The van der Waals surface area contributed by atoms with Crippen LogP contribution in [-0.4, -0.2) is 38.1 Å². The highest BCUT2D eigenvalue weighted by Crippen LogP contribution is 2.33. The van der Waals surface area contributed by atoms with Gasteiger partial charge >= 0.3 is 6.18 Å². The molecule has 1 unspecified atom stereocenters. The van der Waals surface area contributed by atoms with E-state index in [1.54, 1.807) is 6.07 Å². The molecule has 21 heavy (non-hydrogen) atoms. The number of alkyl halides is 3. The highest BCUT2D eigenvalue weighted by Gasteiger charge is 2.31. The Bertz CT molecular complexity index is 488. The number of likely N-dealkylation sites (tertiary alicyclic amines) is 1. The van der Waals surface area contributed by atoms with Crippen LogP contribution >= 0.6 is 0 Å². The first-order valence-corrected chi connectivity index (χ1v) is 7.14. The second-order valence-corrected chi connectivity index (χ2v) is 5.71. The van der Waals surface area contributed by atoms with Gasteiger partial charge in [0.15, 0.2) is 0 Å². The summed E-state index contributed by atoms with van der Waals surface area (Å²) >= 11 is 0. The predicted molar refractivity (Wildman–Crippen MR) is 78.3 cm³/mol. The van der Waals surface area contributed by atoms with E-state index in [0.29, 0.717) is 11.6 Å². The van der Waals surface area contributed by atoms with Gasteiger partial charge in [0.1, 0.15) is 0 Å². The molecule has 6 heteroatoms. The van der Waals surface area contributed by atoms with E-state index in [0.717, 1.165) is 37.7 Å². The number of hydrogen-bond acceptors (Lipinski definition) is 3. The van der Waals surface area contributed by atoms with Crippen LogP contribution in [-0.2, 0) is 12.7 Å². The number of hydrogen-bond donors (Lipinski definition) is 1. The zero-order chi connectivity index (χ0) is 15.6. The van der Waals surface area contributed by atoms with Crippen LogP contribution in [0.4, 0.5) is 18.9 Å². The molecule has 2 rings (SSSR count). The van der Waals surface area contributed by atoms with Gasteiger partial charge in [-0.15, -0.1) is 0 Å². The van der Waals surface area contributed by atoms with Gasteiger partial charge in [-0.2, -0.15) is 13.2 Å². The van der Waals surface area contributed by atoms with Crippen LogP contribution in [0.5, 0.6) is 0 Å². The quantitative estimate of drug-likeness (QED) is 0.931. The van der Waals surface area contributed by atoms with Crippen LogP contribution in [0.15, 0.2) is 18.2 Å². The maximum absolute atomic E-state index is 12.8. The van der Waals surface area contributed by atoms with Crippen molar-refractivity contribution in [3.05, 3.63) is 29.3 Å². The molecule has 1 saturated heterocycles. The monoisotopic (exact) mass is 301 g/mol. The van der Waals surface area contributed by atoms with E-state index in [1.165, 1.54) is 6.07 Å². The van der Waals surface area contributed by atoms with Crippen molar-refractivity contribution in [3.8, 4) is 0 Å². The summed E-state index contributed by atoms with van der Waals surface area (Å²) in [5.41, 5.74) is 6.35. The molecular weight excluding hydrogens is 279 g/mol. The van der Waals surface area contributed by atoms with Crippen LogP contribution in [0.1, 0.15) is 24.0 Å². The molecule has 1 aliphatic rings.